The number of benzene rings is 1. The van der Waals surface area contributed by atoms with Crippen LogP contribution < -0.4 is 5.32 Å². The van der Waals surface area contributed by atoms with E-state index in [4.69, 9.17) is 0 Å². The number of aromatic nitrogens is 4. The highest BCUT2D eigenvalue weighted by Crippen LogP contribution is 2.22. The van der Waals surface area contributed by atoms with Crippen molar-refractivity contribution in [3.8, 4) is 0 Å². The van der Waals surface area contributed by atoms with Gasteiger partial charge < -0.3 is 5.32 Å². The lowest BCUT2D eigenvalue weighted by molar-refractivity contribution is 0.0949. The molecule has 0 aliphatic carbocycles. The van der Waals surface area contributed by atoms with Gasteiger partial charge >= 0.3 is 0 Å². The first kappa shape index (κ1) is 14.2. The summed E-state index contributed by atoms with van der Waals surface area (Å²) < 4.78 is 1.53. The molecule has 1 N–H and O–H groups in total. The van der Waals surface area contributed by atoms with Gasteiger partial charge in [-0.1, -0.05) is 32.9 Å². The van der Waals surface area contributed by atoms with Gasteiger partial charge in [0.15, 0.2) is 5.82 Å². The first-order valence-electron chi connectivity index (χ1n) is 6.48. The van der Waals surface area contributed by atoms with Crippen molar-refractivity contribution in [1.82, 2.24) is 25.5 Å². The molecular weight excluding hydrogens is 254 g/mol. The Hall–Kier alpha value is -2.24. The zero-order chi connectivity index (χ0) is 14.8. The lowest BCUT2D eigenvalue weighted by atomic mass is 9.87. The summed E-state index contributed by atoms with van der Waals surface area (Å²) in [6, 6.07) is 7.65. The minimum Gasteiger partial charge on any atom is -0.345 e. The third kappa shape index (κ3) is 3.20. The van der Waals surface area contributed by atoms with E-state index in [0.717, 1.165) is 0 Å². The molecule has 0 fully saturated rings. The van der Waals surface area contributed by atoms with Gasteiger partial charge in [0.05, 0.1) is 6.54 Å². The predicted molar refractivity (Wildman–Crippen MR) is 75.1 cm³/mol. The Morgan fingerprint density at radius 2 is 1.90 bits per heavy atom. The van der Waals surface area contributed by atoms with Crippen molar-refractivity contribution in [3.63, 3.8) is 0 Å². The molecule has 0 aliphatic rings. The molecule has 1 aromatic carbocycles. The average molecular weight is 273 g/mol. The van der Waals surface area contributed by atoms with Crippen molar-refractivity contribution in [2.75, 3.05) is 0 Å². The second-order valence-corrected chi connectivity index (χ2v) is 5.73. The van der Waals surface area contributed by atoms with E-state index in [2.05, 4.69) is 41.6 Å². The van der Waals surface area contributed by atoms with Crippen LogP contribution in [-0.2, 0) is 19.0 Å². The monoisotopic (exact) mass is 273 g/mol. The topological polar surface area (TPSA) is 72.7 Å². The Kier molecular flexibility index (Phi) is 3.83. The number of tetrazole rings is 1. The lowest BCUT2D eigenvalue weighted by Gasteiger charge is -2.19. The highest BCUT2D eigenvalue weighted by molar-refractivity contribution is 5.94. The maximum Gasteiger partial charge on any atom is 0.251 e. The van der Waals surface area contributed by atoms with Crippen molar-refractivity contribution < 1.29 is 4.79 Å². The second-order valence-electron chi connectivity index (χ2n) is 5.73. The van der Waals surface area contributed by atoms with Gasteiger partial charge in [0.25, 0.3) is 5.91 Å². The van der Waals surface area contributed by atoms with E-state index in [1.807, 2.05) is 24.3 Å². The molecule has 0 bridgehead atoms. The molecule has 0 atom stereocenters. The number of hydrogen-bond donors (Lipinski definition) is 1. The van der Waals surface area contributed by atoms with Crippen LogP contribution in [-0.4, -0.2) is 26.1 Å². The zero-order valence-electron chi connectivity index (χ0n) is 12.2. The summed E-state index contributed by atoms with van der Waals surface area (Å²) in [4.78, 5) is 12.0. The van der Waals surface area contributed by atoms with E-state index in [9.17, 15) is 4.79 Å². The number of aryl methyl sites for hydroxylation is 1. The van der Waals surface area contributed by atoms with Crippen LogP contribution in [0.25, 0.3) is 0 Å². The summed E-state index contributed by atoms with van der Waals surface area (Å²) in [5, 5.41) is 13.8. The predicted octanol–water partition coefficient (Wildman–Crippen LogP) is 1.44. The van der Waals surface area contributed by atoms with Gasteiger partial charge in [-0.05, 0) is 33.5 Å². The van der Waals surface area contributed by atoms with Crippen molar-refractivity contribution in [3.05, 3.63) is 41.2 Å². The minimum atomic E-state index is -0.131. The summed E-state index contributed by atoms with van der Waals surface area (Å²) in [6.45, 7) is 6.73. The highest BCUT2D eigenvalue weighted by Gasteiger charge is 2.14. The minimum absolute atomic E-state index is 0.0826. The molecule has 6 nitrogen and oxygen atoms in total. The van der Waals surface area contributed by atoms with Crippen molar-refractivity contribution >= 4 is 5.91 Å². The molecule has 0 saturated carbocycles. The van der Waals surface area contributed by atoms with Crippen molar-refractivity contribution in [1.29, 1.82) is 0 Å². The van der Waals surface area contributed by atoms with Gasteiger partial charge in [0.1, 0.15) is 0 Å². The lowest BCUT2D eigenvalue weighted by Crippen LogP contribution is -2.24. The molecule has 20 heavy (non-hydrogen) atoms. The van der Waals surface area contributed by atoms with Crippen LogP contribution in [0.1, 0.15) is 42.5 Å². The number of nitrogens with one attached hydrogen (secondary N) is 1. The standard InChI is InChI=1S/C14H19N5O/c1-14(2,3)11-7-5-10(6-8-11)13(20)15-9-12-16-17-18-19(12)4/h5-8H,9H2,1-4H3,(H,15,20). The molecule has 0 unspecified atom stereocenters. The summed E-state index contributed by atoms with van der Waals surface area (Å²) in [7, 11) is 1.74. The van der Waals surface area contributed by atoms with E-state index in [1.165, 1.54) is 10.2 Å². The summed E-state index contributed by atoms with van der Waals surface area (Å²) in [5.41, 5.74) is 1.92. The van der Waals surface area contributed by atoms with Gasteiger partial charge in [-0.2, -0.15) is 0 Å². The Labute approximate surface area is 118 Å². The molecule has 0 spiro atoms. The molecular formula is C14H19N5O. The van der Waals surface area contributed by atoms with Gasteiger partial charge in [0.2, 0.25) is 0 Å². The molecule has 0 saturated heterocycles. The van der Waals surface area contributed by atoms with E-state index in [-0.39, 0.29) is 11.3 Å². The third-order valence-corrected chi connectivity index (χ3v) is 3.13. The first-order valence-corrected chi connectivity index (χ1v) is 6.48. The maximum atomic E-state index is 12.0. The number of hydrogen-bond acceptors (Lipinski definition) is 4. The molecule has 106 valence electrons. The largest absolute Gasteiger partial charge is 0.345 e. The Morgan fingerprint density at radius 1 is 1.25 bits per heavy atom. The van der Waals surface area contributed by atoms with Gasteiger partial charge in [-0.15, -0.1) is 5.10 Å². The van der Waals surface area contributed by atoms with E-state index >= 15 is 0 Å². The second kappa shape index (κ2) is 5.40. The Bertz CT molecular complexity index is 595. The molecule has 2 aromatic rings. The number of carbonyl (C=O) groups excluding carboxylic acids is 1. The van der Waals surface area contributed by atoms with E-state index in [0.29, 0.717) is 17.9 Å². The number of nitrogens with zero attached hydrogens (tertiary/aromatic N) is 4. The summed E-state index contributed by atoms with van der Waals surface area (Å²) >= 11 is 0. The molecule has 6 heteroatoms. The van der Waals surface area contributed by atoms with Crippen LogP contribution in [0, 0.1) is 0 Å². The van der Waals surface area contributed by atoms with Crippen LogP contribution in [0.3, 0.4) is 0 Å². The molecule has 2 rings (SSSR count). The zero-order valence-corrected chi connectivity index (χ0v) is 12.2. The van der Waals surface area contributed by atoms with Gasteiger partial charge in [0, 0.05) is 12.6 Å². The summed E-state index contributed by atoms with van der Waals surface area (Å²) in [5.74, 6) is 0.484. The van der Waals surface area contributed by atoms with Gasteiger partial charge in [-0.25, -0.2) is 4.68 Å². The van der Waals surface area contributed by atoms with Crippen LogP contribution >= 0.6 is 0 Å². The average Bonchev–Trinajstić information content (AvgIpc) is 2.81. The van der Waals surface area contributed by atoms with Crippen LogP contribution in [0.15, 0.2) is 24.3 Å². The third-order valence-electron chi connectivity index (χ3n) is 3.13. The van der Waals surface area contributed by atoms with E-state index < -0.39 is 0 Å². The van der Waals surface area contributed by atoms with Crippen LogP contribution in [0.5, 0.6) is 0 Å². The molecule has 1 aromatic heterocycles. The molecule has 1 amide bonds. The fourth-order valence-corrected chi connectivity index (χ4v) is 1.78. The quantitative estimate of drug-likeness (QED) is 0.918. The number of carbonyl (C=O) groups is 1. The Morgan fingerprint density at radius 3 is 2.40 bits per heavy atom. The van der Waals surface area contributed by atoms with Crippen LogP contribution in [0.2, 0.25) is 0 Å². The van der Waals surface area contributed by atoms with E-state index in [1.54, 1.807) is 7.05 Å². The highest BCUT2D eigenvalue weighted by atomic mass is 16.1. The Balaban J connectivity index is 2.01. The normalized spacial score (nSPS) is 11.4. The maximum absolute atomic E-state index is 12.0. The summed E-state index contributed by atoms with van der Waals surface area (Å²) in [6.07, 6.45) is 0. The van der Waals surface area contributed by atoms with Crippen molar-refractivity contribution in [2.24, 2.45) is 7.05 Å². The molecule has 0 radical (unpaired) electrons. The van der Waals surface area contributed by atoms with Crippen LogP contribution in [0.4, 0.5) is 0 Å². The van der Waals surface area contributed by atoms with Gasteiger partial charge in [-0.3, -0.25) is 4.79 Å². The fourth-order valence-electron chi connectivity index (χ4n) is 1.78. The van der Waals surface area contributed by atoms with Crippen molar-refractivity contribution in [2.45, 2.75) is 32.7 Å². The number of rotatable bonds is 3. The molecule has 1 heterocycles. The first-order chi connectivity index (χ1) is 9.38. The number of amides is 1. The molecule has 0 aliphatic heterocycles. The smallest absolute Gasteiger partial charge is 0.251 e. The SMILES string of the molecule is Cn1nnnc1CNC(=O)c1ccc(C(C)(C)C)cc1. The fraction of sp³-hybridized carbons (Fsp3) is 0.429.